The maximum atomic E-state index is 3.74. The average molecular weight is 348 g/mol. The minimum Gasteiger partial charge on any atom is -0.361 e. The van der Waals surface area contributed by atoms with Crippen LogP contribution < -0.4 is 0 Å². The molecule has 3 aromatic carbocycles. The van der Waals surface area contributed by atoms with Crippen LogP contribution >= 0.6 is 0 Å². The van der Waals surface area contributed by atoms with Gasteiger partial charge in [-0.3, -0.25) is 0 Å². The Balaban J connectivity index is 1.74. The van der Waals surface area contributed by atoms with Crippen molar-refractivity contribution in [3.05, 3.63) is 94.7 Å². The molecule has 2 heterocycles. The van der Waals surface area contributed by atoms with Crippen LogP contribution in [0.2, 0.25) is 0 Å². The van der Waals surface area contributed by atoms with E-state index < -0.39 is 0 Å². The molecule has 5 aromatic rings. The lowest BCUT2D eigenvalue weighted by molar-refractivity contribution is 1.04. The number of H-pyrrole nitrogens is 2. The molecular formula is C25H20N2. The Morgan fingerprint density at radius 1 is 0.704 bits per heavy atom. The third-order valence-electron chi connectivity index (χ3n) is 6.18. The zero-order chi connectivity index (χ0) is 18.1. The van der Waals surface area contributed by atoms with Crippen LogP contribution in [0.4, 0.5) is 0 Å². The summed E-state index contributed by atoms with van der Waals surface area (Å²) in [5.41, 5.74) is 11.9. The van der Waals surface area contributed by atoms with E-state index in [0.29, 0.717) is 0 Å². The first kappa shape index (κ1) is 14.9. The van der Waals surface area contributed by atoms with Crippen molar-refractivity contribution in [2.45, 2.75) is 19.8 Å². The highest BCUT2D eigenvalue weighted by atomic mass is 14.8. The van der Waals surface area contributed by atoms with Crippen molar-refractivity contribution in [3.8, 4) is 11.3 Å². The Hall–Kier alpha value is -3.26. The monoisotopic (exact) mass is 348 g/mol. The zero-order valence-corrected chi connectivity index (χ0v) is 15.4. The van der Waals surface area contributed by atoms with E-state index in [4.69, 9.17) is 0 Å². The van der Waals surface area contributed by atoms with E-state index in [9.17, 15) is 0 Å². The maximum Gasteiger partial charge on any atom is 0.0510 e. The van der Waals surface area contributed by atoms with Gasteiger partial charge >= 0.3 is 0 Å². The number of nitrogens with one attached hydrogen (secondary N) is 2. The number of aromatic nitrogens is 2. The van der Waals surface area contributed by atoms with E-state index >= 15 is 0 Å². The molecule has 0 amide bonds. The topological polar surface area (TPSA) is 31.6 Å². The fourth-order valence-corrected chi connectivity index (χ4v) is 4.92. The van der Waals surface area contributed by atoms with Crippen molar-refractivity contribution in [3.63, 3.8) is 0 Å². The molecule has 0 saturated heterocycles. The van der Waals surface area contributed by atoms with Gasteiger partial charge in [-0.05, 0) is 41.7 Å². The molecule has 2 N–H and O–H groups in total. The second-order valence-corrected chi connectivity index (χ2v) is 7.67. The van der Waals surface area contributed by atoms with Crippen LogP contribution in [0.15, 0.2) is 66.9 Å². The minimum atomic E-state index is 0.252. The maximum absolute atomic E-state index is 3.74. The third kappa shape index (κ3) is 1.85. The minimum absolute atomic E-state index is 0.252. The van der Waals surface area contributed by atoms with Crippen molar-refractivity contribution < 1.29 is 0 Å². The van der Waals surface area contributed by atoms with Gasteiger partial charge in [-0.2, -0.15) is 0 Å². The Bertz CT molecular complexity index is 1350. The zero-order valence-electron chi connectivity index (χ0n) is 15.4. The quantitative estimate of drug-likeness (QED) is 0.343. The fourth-order valence-electron chi connectivity index (χ4n) is 4.92. The molecule has 0 spiro atoms. The molecule has 1 unspecified atom stereocenters. The second-order valence-electron chi connectivity index (χ2n) is 7.67. The van der Waals surface area contributed by atoms with E-state index in [1.807, 2.05) is 0 Å². The molecule has 0 bridgehead atoms. The van der Waals surface area contributed by atoms with Gasteiger partial charge in [0.05, 0.1) is 5.69 Å². The van der Waals surface area contributed by atoms with E-state index in [0.717, 1.165) is 0 Å². The van der Waals surface area contributed by atoms with Crippen molar-refractivity contribution in [2.24, 2.45) is 0 Å². The molecule has 2 nitrogen and oxygen atoms in total. The number of rotatable bonds is 1. The van der Waals surface area contributed by atoms with E-state index in [1.165, 1.54) is 60.9 Å². The largest absolute Gasteiger partial charge is 0.361 e. The normalized spacial score (nSPS) is 15.4. The molecule has 1 atom stereocenters. The summed E-state index contributed by atoms with van der Waals surface area (Å²) in [7, 11) is 0. The number of fused-ring (bicyclic) bond motifs is 6. The SMILES string of the molecule is Cc1cccc2c(C3c4ccccc4-c4[nH]c5c(C)cccc5c43)c[nH]c12. The summed E-state index contributed by atoms with van der Waals surface area (Å²) in [5.74, 6) is 0.252. The van der Waals surface area contributed by atoms with Crippen molar-refractivity contribution in [1.82, 2.24) is 9.97 Å². The first-order chi connectivity index (χ1) is 13.2. The van der Waals surface area contributed by atoms with E-state index in [2.05, 4.69) is 90.7 Å². The lowest BCUT2D eigenvalue weighted by Crippen LogP contribution is -1.98. The standard InChI is InChI=1S/C25H20N2/c1-14-7-5-11-18-20(13-26-23(14)18)21-16-9-3-4-10-17(16)25-22(21)19-12-6-8-15(2)24(19)27-25/h3-13,21,26-27H,1-2H3. The molecule has 2 heteroatoms. The Labute approximate surface area is 157 Å². The molecule has 0 aliphatic heterocycles. The molecule has 1 aliphatic carbocycles. The summed E-state index contributed by atoms with van der Waals surface area (Å²) in [6.07, 6.45) is 2.21. The van der Waals surface area contributed by atoms with Crippen LogP contribution in [-0.2, 0) is 0 Å². The highest BCUT2D eigenvalue weighted by Gasteiger charge is 2.34. The van der Waals surface area contributed by atoms with Crippen LogP contribution in [0, 0.1) is 13.8 Å². The van der Waals surface area contributed by atoms with Gasteiger partial charge in [0.1, 0.15) is 0 Å². The van der Waals surface area contributed by atoms with Crippen LogP contribution in [0.3, 0.4) is 0 Å². The van der Waals surface area contributed by atoms with Crippen LogP contribution in [-0.4, -0.2) is 9.97 Å². The summed E-state index contributed by atoms with van der Waals surface area (Å²) in [6, 6.07) is 22.0. The number of para-hydroxylation sites is 2. The Morgan fingerprint density at radius 3 is 2.30 bits per heavy atom. The highest BCUT2D eigenvalue weighted by Crippen LogP contribution is 2.52. The van der Waals surface area contributed by atoms with E-state index in [-0.39, 0.29) is 5.92 Å². The van der Waals surface area contributed by atoms with Gasteiger partial charge in [0.15, 0.2) is 0 Å². The molecule has 27 heavy (non-hydrogen) atoms. The number of aromatic amines is 2. The van der Waals surface area contributed by atoms with Crippen molar-refractivity contribution >= 4 is 21.8 Å². The van der Waals surface area contributed by atoms with Gasteiger partial charge in [-0.25, -0.2) is 0 Å². The van der Waals surface area contributed by atoms with Crippen LogP contribution in [0.25, 0.3) is 33.1 Å². The lowest BCUT2D eigenvalue weighted by Gasteiger charge is -2.14. The third-order valence-corrected chi connectivity index (χ3v) is 6.18. The number of hydrogen-bond acceptors (Lipinski definition) is 0. The summed E-state index contributed by atoms with van der Waals surface area (Å²) >= 11 is 0. The molecule has 0 radical (unpaired) electrons. The first-order valence-electron chi connectivity index (χ1n) is 9.51. The van der Waals surface area contributed by atoms with Crippen molar-refractivity contribution in [1.29, 1.82) is 0 Å². The predicted molar refractivity (Wildman–Crippen MR) is 112 cm³/mol. The molecular weight excluding hydrogens is 328 g/mol. The fraction of sp³-hybridized carbons (Fsp3) is 0.120. The summed E-state index contributed by atoms with van der Waals surface area (Å²) < 4.78 is 0. The average Bonchev–Trinajstić information content (AvgIpc) is 3.34. The Kier molecular flexibility index (Phi) is 2.83. The molecule has 130 valence electrons. The number of hydrogen-bond donors (Lipinski definition) is 2. The van der Waals surface area contributed by atoms with Crippen LogP contribution in [0.5, 0.6) is 0 Å². The van der Waals surface area contributed by atoms with Gasteiger partial charge < -0.3 is 9.97 Å². The van der Waals surface area contributed by atoms with Gasteiger partial charge in [-0.1, -0.05) is 60.7 Å². The summed E-state index contributed by atoms with van der Waals surface area (Å²) in [4.78, 5) is 7.28. The molecule has 6 rings (SSSR count). The number of aryl methyl sites for hydroxylation is 2. The van der Waals surface area contributed by atoms with Crippen LogP contribution in [0.1, 0.15) is 33.7 Å². The number of benzene rings is 3. The molecule has 2 aromatic heterocycles. The van der Waals surface area contributed by atoms with Gasteiger partial charge in [0.25, 0.3) is 0 Å². The van der Waals surface area contributed by atoms with Gasteiger partial charge in [0, 0.05) is 39.5 Å². The molecule has 0 saturated carbocycles. The summed E-state index contributed by atoms with van der Waals surface area (Å²) in [5, 5.41) is 2.66. The lowest BCUT2D eigenvalue weighted by atomic mass is 9.87. The van der Waals surface area contributed by atoms with Gasteiger partial charge in [-0.15, -0.1) is 0 Å². The first-order valence-corrected chi connectivity index (χ1v) is 9.51. The smallest absolute Gasteiger partial charge is 0.0510 e. The van der Waals surface area contributed by atoms with Gasteiger partial charge in [0.2, 0.25) is 0 Å². The predicted octanol–water partition coefficient (Wildman–Crippen LogP) is 6.43. The Morgan fingerprint density at radius 2 is 1.44 bits per heavy atom. The molecule has 1 aliphatic rings. The summed E-state index contributed by atoms with van der Waals surface area (Å²) in [6.45, 7) is 4.36. The molecule has 0 fully saturated rings. The second kappa shape index (κ2) is 5.14. The van der Waals surface area contributed by atoms with Crippen molar-refractivity contribution in [2.75, 3.05) is 0 Å². The van der Waals surface area contributed by atoms with E-state index in [1.54, 1.807) is 0 Å². The highest BCUT2D eigenvalue weighted by molar-refractivity contribution is 5.99.